The fourth-order valence-electron chi connectivity index (χ4n) is 5.37. The number of likely N-dealkylation sites (N-methyl/N-ethyl adjacent to an activating group) is 1. The largest absolute Gasteiger partial charge is 0.342 e. The second kappa shape index (κ2) is 6.29. The molecule has 0 N–H and O–H groups in total. The van der Waals surface area contributed by atoms with Gasteiger partial charge < -0.3 is 9.80 Å². The van der Waals surface area contributed by atoms with E-state index in [0.29, 0.717) is 19.0 Å². The van der Waals surface area contributed by atoms with E-state index >= 15 is 0 Å². The molecule has 4 amide bonds. The number of urea groups is 1. The fraction of sp³-hybridized carbons (Fsp3) is 0.842. The Hall–Kier alpha value is -1.59. The zero-order valence-corrected chi connectivity index (χ0v) is 15.2. The molecule has 1 unspecified atom stereocenters. The number of fused-ring (bicyclic) bond motifs is 1. The maximum atomic E-state index is 12.7. The van der Waals surface area contributed by atoms with Crippen molar-refractivity contribution in [3.8, 4) is 0 Å². The predicted octanol–water partition coefficient (Wildman–Crippen LogP) is 2.23. The molecular formula is C19H29N3O3. The molecule has 0 bridgehead atoms. The van der Waals surface area contributed by atoms with Gasteiger partial charge in [0.05, 0.1) is 0 Å². The molecule has 6 heteroatoms. The summed E-state index contributed by atoms with van der Waals surface area (Å²) in [6.45, 7) is 4.57. The Balaban J connectivity index is 1.37. The third-order valence-corrected chi connectivity index (χ3v) is 6.94. The first kappa shape index (κ1) is 16.9. The van der Waals surface area contributed by atoms with E-state index in [1.807, 2.05) is 11.8 Å². The van der Waals surface area contributed by atoms with Crippen LogP contribution >= 0.6 is 0 Å². The van der Waals surface area contributed by atoms with Crippen LogP contribution in [0.15, 0.2) is 0 Å². The van der Waals surface area contributed by atoms with Crippen molar-refractivity contribution in [3.63, 3.8) is 0 Å². The lowest BCUT2D eigenvalue weighted by Gasteiger charge is -2.41. The summed E-state index contributed by atoms with van der Waals surface area (Å²) in [5, 5.41) is 0. The van der Waals surface area contributed by atoms with Crippen LogP contribution in [0.4, 0.5) is 4.79 Å². The summed E-state index contributed by atoms with van der Waals surface area (Å²) >= 11 is 0. The van der Waals surface area contributed by atoms with Gasteiger partial charge in [0.25, 0.3) is 5.91 Å². The van der Waals surface area contributed by atoms with Gasteiger partial charge in [-0.3, -0.25) is 14.5 Å². The molecule has 1 atom stereocenters. The number of hydrogen-bond acceptors (Lipinski definition) is 3. The molecule has 6 nitrogen and oxygen atoms in total. The molecule has 3 heterocycles. The van der Waals surface area contributed by atoms with Crippen molar-refractivity contribution in [2.24, 2.45) is 11.3 Å². The van der Waals surface area contributed by atoms with Crippen LogP contribution < -0.4 is 0 Å². The number of imide groups is 1. The number of piperidine rings is 1. The number of carbonyl (C=O) groups excluding carboxylic acids is 3. The van der Waals surface area contributed by atoms with Crippen LogP contribution in [0.25, 0.3) is 0 Å². The maximum Gasteiger partial charge on any atom is 0.327 e. The van der Waals surface area contributed by atoms with Crippen LogP contribution in [0.1, 0.15) is 58.3 Å². The van der Waals surface area contributed by atoms with Gasteiger partial charge in [-0.25, -0.2) is 4.79 Å². The van der Waals surface area contributed by atoms with Crippen LogP contribution in [0, 0.1) is 11.3 Å². The lowest BCUT2D eigenvalue weighted by Crippen LogP contribution is -2.47. The molecule has 4 aliphatic rings. The van der Waals surface area contributed by atoms with Crippen molar-refractivity contribution < 1.29 is 14.4 Å². The molecule has 25 heavy (non-hydrogen) atoms. The van der Waals surface area contributed by atoms with Gasteiger partial charge in [0.1, 0.15) is 6.04 Å². The molecule has 3 saturated heterocycles. The van der Waals surface area contributed by atoms with Gasteiger partial charge in [-0.05, 0) is 44.4 Å². The quantitative estimate of drug-likeness (QED) is 0.720. The molecule has 0 aromatic rings. The Morgan fingerprint density at radius 1 is 1.12 bits per heavy atom. The van der Waals surface area contributed by atoms with Crippen LogP contribution in [0.5, 0.6) is 0 Å². The van der Waals surface area contributed by atoms with Gasteiger partial charge in [-0.15, -0.1) is 0 Å². The molecule has 1 aliphatic carbocycles. The summed E-state index contributed by atoms with van der Waals surface area (Å²) in [5.41, 5.74) is 0.0408. The van der Waals surface area contributed by atoms with E-state index in [1.165, 1.54) is 24.2 Å². The SMILES string of the molecule is CCN1C(=O)C2CC3(CCN(C(=O)C4CCCCC4)CC3)CN2C1=O. The summed E-state index contributed by atoms with van der Waals surface area (Å²) in [6, 6.07) is -0.372. The van der Waals surface area contributed by atoms with Crippen LogP contribution in [-0.4, -0.2) is 64.8 Å². The minimum absolute atomic E-state index is 0.0231. The lowest BCUT2D eigenvalue weighted by molar-refractivity contribution is -0.139. The smallest absolute Gasteiger partial charge is 0.327 e. The second-order valence-electron chi connectivity index (χ2n) is 8.37. The van der Waals surface area contributed by atoms with Crippen molar-refractivity contribution in [3.05, 3.63) is 0 Å². The van der Waals surface area contributed by atoms with Crippen molar-refractivity contribution >= 4 is 17.8 Å². The Bertz CT molecular complexity index is 550. The van der Waals surface area contributed by atoms with Gasteiger partial charge >= 0.3 is 6.03 Å². The van der Waals surface area contributed by atoms with E-state index in [1.54, 1.807) is 4.90 Å². The fourth-order valence-corrected chi connectivity index (χ4v) is 5.37. The topological polar surface area (TPSA) is 60.9 Å². The van der Waals surface area contributed by atoms with E-state index in [-0.39, 0.29) is 29.3 Å². The van der Waals surface area contributed by atoms with Gasteiger partial charge in [0.2, 0.25) is 5.91 Å². The Labute approximate surface area is 149 Å². The van der Waals surface area contributed by atoms with E-state index in [4.69, 9.17) is 0 Å². The van der Waals surface area contributed by atoms with Crippen molar-refractivity contribution in [1.82, 2.24) is 14.7 Å². The molecule has 1 spiro atoms. The maximum absolute atomic E-state index is 12.7. The Morgan fingerprint density at radius 2 is 1.80 bits per heavy atom. The van der Waals surface area contributed by atoms with Crippen LogP contribution in [0.2, 0.25) is 0 Å². The third kappa shape index (κ3) is 2.74. The normalized spacial score (nSPS) is 29.6. The van der Waals surface area contributed by atoms with Gasteiger partial charge in [-0.1, -0.05) is 19.3 Å². The van der Waals surface area contributed by atoms with Gasteiger partial charge in [-0.2, -0.15) is 0 Å². The third-order valence-electron chi connectivity index (χ3n) is 6.94. The Morgan fingerprint density at radius 3 is 2.40 bits per heavy atom. The lowest BCUT2D eigenvalue weighted by atomic mass is 9.76. The molecule has 0 radical (unpaired) electrons. The highest BCUT2D eigenvalue weighted by Crippen LogP contribution is 2.46. The average Bonchev–Trinajstić information content (AvgIpc) is 3.11. The summed E-state index contributed by atoms with van der Waals surface area (Å²) in [4.78, 5) is 42.8. The van der Waals surface area contributed by atoms with Gasteiger partial charge in [0, 0.05) is 32.1 Å². The molecule has 4 rings (SSSR count). The average molecular weight is 347 g/mol. The van der Waals surface area contributed by atoms with Gasteiger partial charge in [0.15, 0.2) is 0 Å². The molecule has 4 fully saturated rings. The number of nitrogens with zero attached hydrogens (tertiary/aromatic N) is 3. The van der Waals surface area contributed by atoms with E-state index in [2.05, 4.69) is 0 Å². The molecule has 0 aromatic carbocycles. The minimum atomic E-state index is -0.256. The molecule has 1 saturated carbocycles. The summed E-state index contributed by atoms with van der Waals surface area (Å²) < 4.78 is 0. The highest BCUT2D eigenvalue weighted by atomic mass is 16.2. The number of hydrogen-bond donors (Lipinski definition) is 0. The predicted molar refractivity (Wildman–Crippen MR) is 92.7 cm³/mol. The molecular weight excluding hydrogens is 318 g/mol. The van der Waals surface area contributed by atoms with Crippen molar-refractivity contribution in [2.45, 2.75) is 64.3 Å². The zero-order valence-electron chi connectivity index (χ0n) is 15.2. The number of carbonyl (C=O) groups is 3. The zero-order chi connectivity index (χ0) is 17.6. The molecule has 138 valence electrons. The number of likely N-dealkylation sites (tertiary alicyclic amines) is 1. The van der Waals surface area contributed by atoms with Crippen LogP contribution in [0.3, 0.4) is 0 Å². The van der Waals surface area contributed by atoms with Crippen molar-refractivity contribution in [1.29, 1.82) is 0 Å². The van der Waals surface area contributed by atoms with E-state index in [9.17, 15) is 14.4 Å². The van der Waals surface area contributed by atoms with Crippen LogP contribution in [-0.2, 0) is 9.59 Å². The first-order valence-electron chi connectivity index (χ1n) is 9.95. The summed E-state index contributed by atoms with van der Waals surface area (Å²) in [6.07, 6.45) is 8.35. The summed E-state index contributed by atoms with van der Waals surface area (Å²) in [7, 11) is 0. The summed E-state index contributed by atoms with van der Waals surface area (Å²) in [5.74, 6) is 0.554. The van der Waals surface area contributed by atoms with E-state index < -0.39 is 0 Å². The number of amides is 4. The number of rotatable bonds is 2. The standard InChI is InChI=1S/C19H29N3O3/c1-2-21-17(24)15-12-19(13-22(15)18(21)25)8-10-20(11-9-19)16(23)14-6-4-3-5-7-14/h14-15H,2-13H2,1H3. The highest BCUT2D eigenvalue weighted by molar-refractivity contribution is 6.04. The highest BCUT2D eigenvalue weighted by Gasteiger charge is 2.56. The molecule has 3 aliphatic heterocycles. The second-order valence-corrected chi connectivity index (χ2v) is 8.37. The van der Waals surface area contributed by atoms with Crippen molar-refractivity contribution in [2.75, 3.05) is 26.2 Å². The first-order chi connectivity index (χ1) is 12.0. The van der Waals surface area contributed by atoms with E-state index in [0.717, 1.165) is 45.2 Å². The Kier molecular flexibility index (Phi) is 4.24. The minimum Gasteiger partial charge on any atom is -0.342 e. The first-order valence-corrected chi connectivity index (χ1v) is 9.95. The monoisotopic (exact) mass is 347 g/mol. The molecule has 0 aromatic heterocycles.